The summed E-state index contributed by atoms with van der Waals surface area (Å²) >= 11 is 1.38. The van der Waals surface area contributed by atoms with Crippen LogP contribution < -0.4 is 14.8 Å². The topological polar surface area (TPSA) is 78.3 Å². The van der Waals surface area contributed by atoms with Crippen LogP contribution in [0.4, 0.5) is 5.13 Å². The number of aromatic nitrogens is 3. The van der Waals surface area contributed by atoms with Gasteiger partial charge in [0.25, 0.3) is 5.91 Å². The molecule has 2 heterocycles. The molecule has 0 aliphatic carbocycles. The summed E-state index contributed by atoms with van der Waals surface area (Å²) in [6.07, 6.45) is 1.73. The van der Waals surface area contributed by atoms with Gasteiger partial charge in [0.15, 0.2) is 10.8 Å². The number of para-hydroxylation sites is 1. The van der Waals surface area contributed by atoms with Crippen molar-refractivity contribution in [3.63, 3.8) is 0 Å². The smallest absolute Gasteiger partial charge is 0.277 e. The lowest BCUT2D eigenvalue weighted by Crippen LogP contribution is -2.13. The second-order valence-electron chi connectivity index (χ2n) is 6.10. The highest BCUT2D eigenvalue weighted by atomic mass is 32.1. The first-order valence-electron chi connectivity index (χ1n) is 8.54. The fraction of sp³-hybridized carbons (Fsp3) is 0.150. The number of fused-ring (bicyclic) bond motifs is 1. The molecule has 0 saturated carbocycles. The molecule has 0 atom stereocenters. The Morgan fingerprint density at radius 1 is 1.11 bits per heavy atom. The van der Waals surface area contributed by atoms with E-state index >= 15 is 0 Å². The van der Waals surface area contributed by atoms with Gasteiger partial charge in [0.05, 0.1) is 18.9 Å². The van der Waals surface area contributed by atoms with E-state index in [1.165, 1.54) is 11.3 Å². The molecule has 0 radical (unpaired) electrons. The number of benzene rings is 2. The van der Waals surface area contributed by atoms with Crippen molar-refractivity contribution >= 4 is 32.6 Å². The molecule has 0 spiro atoms. The fourth-order valence-corrected chi connectivity index (χ4v) is 3.74. The zero-order valence-corrected chi connectivity index (χ0v) is 16.4. The summed E-state index contributed by atoms with van der Waals surface area (Å²) in [5.74, 6) is 1.02. The van der Waals surface area contributed by atoms with E-state index in [4.69, 9.17) is 9.47 Å². The third kappa shape index (κ3) is 3.29. The molecule has 2 aromatic heterocycles. The van der Waals surface area contributed by atoms with Crippen molar-refractivity contribution in [2.45, 2.75) is 6.92 Å². The Morgan fingerprint density at radius 2 is 1.93 bits per heavy atom. The van der Waals surface area contributed by atoms with E-state index in [-0.39, 0.29) is 11.6 Å². The normalized spacial score (nSPS) is 10.8. The van der Waals surface area contributed by atoms with Crippen molar-refractivity contribution in [1.29, 1.82) is 0 Å². The Balaban J connectivity index is 1.60. The van der Waals surface area contributed by atoms with E-state index in [2.05, 4.69) is 15.4 Å². The van der Waals surface area contributed by atoms with Crippen LogP contribution in [0.2, 0.25) is 0 Å². The summed E-state index contributed by atoms with van der Waals surface area (Å²) in [5, 5.41) is 7.69. The van der Waals surface area contributed by atoms with Crippen LogP contribution in [-0.4, -0.2) is 34.9 Å². The number of hydrogen-bond acceptors (Lipinski definition) is 6. The number of thiazole rings is 1. The van der Waals surface area contributed by atoms with Gasteiger partial charge in [-0.25, -0.2) is 9.67 Å². The van der Waals surface area contributed by atoms with Crippen LogP contribution in [0, 0.1) is 6.92 Å². The third-order valence-corrected chi connectivity index (χ3v) is 5.16. The molecule has 0 aliphatic heterocycles. The lowest BCUT2D eigenvalue weighted by molar-refractivity contribution is 0.102. The molecule has 2 aromatic carbocycles. The number of methoxy groups -OCH3 is 2. The number of nitrogens with one attached hydrogen (secondary N) is 1. The Bertz CT molecular complexity index is 1170. The summed E-state index contributed by atoms with van der Waals surface area (Å²) in [5.41, 5.74) is 2.85. The quantitative estimate of drug-likeness (QED) is 0.552. The van der Waals surface area contributed by atoms with Crippen LogP contribution in [0.25, 0.3) is 15.9 Å². The molecule has 28 heavy (non-hydrogen) atoms. The Kier molecular flexibility index (Phi) is 4.70. The molecular weight excluding hydrogens is 376 g/mol. The molecule has 0 fully saturated rings. The molecule has 1 amide bonds. The number of anilines is 1. The number of amides is 1. The number of carbonyl (C=O) groups is 1. The van der Waals surface area contributed by atoms with Gasteiger partial charge < -0.3 is 9.47 Å². The van der Waals surface area contributed by atoms with Crippen LogP contribution in [0.3, 0.4) is 0 Å². The van der Waals surface area contributed by atoms with Crippen molar-refractivity contribution in [3.05, 3.63) is 59.9 Å². The second kappa shape index (κ2) is 7.32. The van der Waals surface area contributed by atoms with Gasteiger partial charge in [0.1, 0.15) is 22.7 Å². The summed E-state index contributed by atoms with van der Waals surface area (Å²) in [7, 11) is 3.20. The summed E-state index contributed by atoms with van der Waals surface area (Å²) in [4.78, 5) is 17.1. The van der Waals surface area contributed by atoms with Gasteiger partial charge in [0.2, 0.25) is 0 Å². The highest BCUT2D eigenvalue weighted by molar-refractivity contribution is 7.22. The molecule has 7 nitrogen and oxygen atoms in total. The van der Waals surface area contributed by atoms with Crippen molar-refractivity contribution in [2.24, 2.45) is 0 Å². The van der Waals surface area contributed by atoms with Crippen molar-refractivity contribution in [3.8, 4) is 17.2 Å². The number of rotatable bonds is 5. The lowest BCUT2D eigenvalue weighted by Gasteiger charge is -2.09. The van der Waals surface area contributed by atoms with Crippen LogP contribution in [-0.2, 0) is 0 Å². The fourth-order valence-electron chi connectivity index (χ4n) is 2.86. The molecule has 4 rings (SSSR count). The molecule has 0 aliphatic rings. The zero-order chi connectivity index (χ0) is 19.7. The molecular formula is C20H18N4O3S. The average molecular weight is 394 g/mol. The van der Waals surface area contributed by atoms with Crippen molar-refractivity contribution in [1.82, 2.24) is 14.8 Å². The van der Waals surface area contributed by atoms with Gasteiger partial charge in [-0.05, 0) is 42.8 Å². The van der Waals surface area contributed by atoms with Gasteiger partial charge in [-0.3, -0.25) is 10.1 Å². The van der Waals surface area contributed by atoms with Crippen LogP contribution in [0.1, 0.15) is 16.1 Å². The standard InChI is InChI=1S/C20H18N4O3S/c1-12-7-8-15(26-2)14(11-12)24-10-9-13(23-24)19(25)22-20-21-18-16(27-3)5-4-6-17(18)28-20/h4-11H,1-3H3,(H,21,22,25). The Morgan fingerprint density at radius 3 is 2.71 bits per heavy atom. The number of hydrogen-bond donors (Lipinski definition) is 1. The van der Waals surface area contributed by atoms with Crippen LogP contribution >= 0.6 is 11.3 Å². The van der Waals surface area contributed by atoms with Crippen molar-refractivity contribution in [2.75, 3.05) is 19.5 Å². The zero-order valence-electron chi connectivity index (χ0n) is 15.6. The Hall–Kier alpha value is -3.39. The van der Waals surface area contributed by atoms with E-state index in [0.717, 1.165) is 21.5 Å². The minimum atomic E-state index is -0.330. The first-order chi connectivity index (χ1) is 13.6. The molecule has 0 saturated heterocycles. The third-order valence-electron chi connectivity index (χ3n) is 4.23. The molecule has 142 valence electrons. The van der Waals surface area contributed by atoms with E-state index in [1.54, 1.807) is 31.2 Å². The molecule has 0 bridgehead atoms. The number of ether oxygens (including phenoxy) is 2. The minimum Gasteiger partial charge on any atom is -0.494 e. The summed E-state index contributed by atoms with van der Waals surface area (Å²) < 4.78 is 13.3. The minimum absolute atomic E-state index is 0.287. The maximum Gasteiger partial charge on any atom is 0.277 e. The first-order valence-corrected chi connectivity index (χ1v) is 9.36. The molecule has 1 N–H and O–H groups in total. The van der Waals surface area contributed by atoms with Crippen LogP contribution in [0.5, 0.6) is 11.5 Å². The Labute approximate surface area is 165 Å². The summed E-state index contributed by atoms with van der Waals surface area (Å²) in [6.45, 7) is 1.99. The van der Waals surface area contributed by atoms with Crippen LogP contribution in [0.15, 0.2) is 48.7 Å². The molecule has 4 aromatic rings. The van der Waals surface area contributed by atoms with Gasteiger partial charge in [-0.1, -0.05) is 23.5 Å². The second-order valence-corrected chi connectivity index (χ2v) is 7.13. The van der Waals surface area contributed by atoms with Gasteiger partial charge >= 0.3 is 0 Å². The number of aryl methyl sites for hydroxylation is 1. The van der Waals surface area contributed by atoms with E-state index in [0.29, 0.717) is 16.6 Å². The van der Waals surface area contributed by atoms with E-state index in [1.807, 2.05) is 43.3 Å². The lowest BCUT2D eigenvalue weighted by atomic mass is 10.2. The predicted octanol–water partition coefficient (Wildman–Crippen LogP) is 4.06. The predicted molar refractivity (Wildman–Crippen MR) is 109 cm³/mol. The highest BCUT2D eigenvalue weighted by Gasteiger charge is 2.16. The average Bonchev–Trinajstić information content (AvgIpc) is 3.34. The molecule has 0 unspecified atom stereocenters. The van der Waals surface area contributed by atoms with Crippen molar-refractivity contribution < 1.29 is 14.3 Å². The first kappa shape index (κ1) is 18.0. The molecule has 8 heteroatoms. The summed E-state index contributed by atoms with van der Waals surface area (Å²) in [6, 6.07) is 13.1. The SMILES string of the molecule is COc1ccc(C)cc1-n1ccc(C(=O)Nc2nc3c(OC)cccc3s2)n1. The van der Waals surface area contributed by atoms with Gasteiger partial charge in [-0.2, -0.15) is 5.10 Å². The largest absolute Gasteiger partial charge is 0.494 e. The van der Waals surface area contributed by atoms with E-state index < -0.39 is 0 Å². The van der Waals surface area contributed by atoms with Gasteiger partial charge in [-0.15, -0.1) is 0 Å². The monoisotopic (exact) mass is 394 g/mol. The maximum absolute atomic E-state index is 12.6. The highest BCUT2D eigenvalue weighted by Crippen LogP contribution is 2.32. The van der Waals surface area contributed by atoms with Gasteiger partial charge in [0, 0.05) is 6.20 Å². The maximum atomic E-state index is 12.6. The number of carbonyl (C=O) groups excluding carboxylic acids is 1. The van der Waals surface area contributed by atoms with E-state index in [9.17, 15) is 4.79 Å². The number of nitrogens with zero attached hydrogens (tertiary/aromatic N) is 3.